The lowest BCUT2D eigenvalue weighted by molar-refractivity contribution is -0.384. The smallest absolute Gasteiger partial charge is 0.271 e. The molecule has 11 heteroatoms. The molecule has 0 aliphatic rings. The second-order valence-corrected chi connectivity index (χ2v) is 8.78. The molecule has 2 aromatic carbocycles. The number of nitrogens with zero attached hydrogens (tertiary/aromatic N) is 4. The zero-order chi connectivity index (χ0) is 24.8. The van der Waals surface area contributed by atoms with Crippen LogP contribution in [0.3, 0.4) is 0 Å². The standard InChI is InChI=1S/C23H27N5O5S/c1-14(2)27-22(16(4)33-19-8-6-7-18(12-19)32-5)25-26-23(27)34-13-21(29)24-20-11-17(28(30)31)10-9-15(20)3/h6-12,14,16H,13H2,1-5H3,(H,24,29). The fourth-order valence-corrected chi connectivity index (χ4v) is 4.13. The van der Waals surface area contributed by atoms with Crippen LogP contribution >= 0.6 is 11.8 Å². The van der Waals surface area contributed by atoms with Gasteiger partial charge >= 0.3 is 0 Å². The average molecular weight is 486 g/mol. The first-order valence-electron chi connectivity index (χ1n) is 10.6. The number of anilines is 1. The third-order valence-electron chi connectivity index (χ3n) is 4.96. The number of aryl methyl sites for hydroxylation is 1. The van der Waals surface area contributed by atoms with Crippen LogP contribution in [-0.4, -0.2) is 38.5 Å². The minimum atomic E-state index is -0.495. The van der Waals surface area contributed by atoms with Crippen LogP contribution < -0.4 is 14.8 Å². The summed E-state index contributed by atoms with van der Waals surface area (Å²) in [7, 11) is 1.60. The predicted molar refractivity (Wildman–Crippen MR) is 130 cm³/mol. The van der Waals surface area contributed by atoms with Crippen LogP contribution in [0.15, 0.2) is 47.6 Å². The SMILES string of the molecule is COc1cccc(OC(C)c2nnc(SCC(=O)Nc3cc([N+](=O)[O-])ccc3C)n2C(C)C)c1. The number of non-ortho nitro benzene ring substituents is 1. The van der Waals surface area contributed by atoms with Gasteiger partial charge in [-0.1, -0.05) is 23.9 Å². The van der Waals surface area contributed by atoms with Gasteiger partial charge < -0.3 is 19.4 Å². The molecule has 0 aliphatic heterocycles. The van der Waals surface area contributed by atoms with Crippen molar-refractivity contribution in [2.45, 2.75) is 45.0 Å². The largest absolute Gasteiger partial charge is 0.497 e. The zero-order valence-corrected chi connectivity index (χ0v) is 20.5. The van der Waals surface area contributed by atoms with E-state index in [1.165, 1.54) is 23.9 Å². The number of amides is 1. The highest BCUT2D eigenvalue weighted by molar-refractivity contribution is 7.99. The summed E-state index contributed by atoms with van der Waals surface area (Å²) in [4.78, 5) is 23.1. The van der Waals surface area contributed by atoms with Gasteiger partial charge in [0.05, 0.1) is 23.5 Å². The second-order valence-electron chi connectivity index (χ2n) is 7.84. The monoisotopic (exact) mass is 485 g/mol. The molecule has 10 nitrogen and oxygen atoms in total. The summed E-state index contributed by atoms with van der Waals surface area (Å²) in [6.07, 6.45) is -0.391. The van der Waals surface area contributed by atoms with Gasteiger partial charge in [0.2, 0.25) is 5.91 Å². The number of nitrogens with one attached hydrogen (secondary N) is 1. The van der Waals surface area contributed by atoms with Crippen LogP contribution in [0.25, 0.3) is 0 Å². The maximum Gasteiger partial charge on any atom is 0.271 e. The minimum absolute atomic E-state index is 0.0333. The van der Waals surface area contributed by atoms with E-state index in [-0.39, 0.29) is 23.4 Å². The van der Waals surface area contributed by atoms with Crippen LogP contribution in [0.5, 0.6) is 11.5 Å². The quantitative estimate of drug-likeness (QED) is 0.243. The van der Waals surface area contributed by atoms with E-state index in [1.54, 1.807) is 26.2 Å². The van der Waals surface area contributed by atoms with E-state index in [0.717, 1.165) is 5.56 Å². The summed E-state index contributed by atoms with van der Waals surface area (Å²) in [6.45, 7) is 7.66. The fraction of sp³-hybridized carbons (Fsp3) is 0.348. The molecular formula is C23H27N5O5S. The maximum atomic E-state index is 12.5. The highest BCUT2D eigenvalue weighted by Crippen LogP contribution is 2.29. The topological polar surface area (TPSA) is 121 Å². The zero-order valence-electron chi connectivity index (χ0n) is 19.6. The Morgan fingerprint density at radius 3 is 2.59 bits per heavy atom. The molecule has 1 atom stereocenters. The molecule has 0 spiro atoms. The number of rotatable bonds is 10. The first-order chi connectivity index (χ1) is 16.2. The number of ether oxygens (including phenoxy) is 2. The average Bonchev–Trinajstić information content (AvgIpc) is 3.23. The molecule has 0 saturated carbocycles. The Kier molecular flexibility index (Phi) is 8.11. The number of thioether (sulfide) groups is 1. The van der Waals surface area contributed by atoms with E-state index in [2.05, 4.69) is 15.5 Å². The van der Waals surface area contributed by atoms with Crippen LogP contribution in [0.2, 0.25) is 0 Å². The molecule has 0 saturated heterocycles. The lowest BCUT2D eigenvalue weighted by Crippen LogP contribution is -2.17. The summed E-state index contributed by atoms with van der Waals surface area (Å²) in [5.74, 6) is 1.74. The third-order valence-corrected chi connectivity index (χ3v) is 5.91. The molecule has 180 valence electrons. The Balaban J connectivity index is 1.70. The van der Waals surface area contributed by atoms with Crippen molar-refractivity contribution in [3.8, 4) is 11.5 Å². The number of carbonyl (C=O) groups is 1. The Labute approximate surface area is 201 Å². The molecule has 0 bridgehead atoms. The molecule has 1 unspecified atom stereocenters. The van der Waals surface area contributed by atoms with Crippen molar-refractivity contribution in [2.24, 2.45) is 0 Å². The molecule has 1 heterocycles. The Morgan fingerprint density at radius 2 is 1.91 bits per heavy atom. The first-order valence-corrected chi connectivity index (χ1v) is 11.6. The normalized spacial score (nSPS) is 11.8. The third kappa shape index (κ3) is 6.04. The number of aromatic nitrogens is 3. The number of methoxy groups -OCH3 is 1. The van der Waals surface area contributed by atoms with Crippen LogP contribution in [0.4, 0.5) is 11.4 Å². The van der Waals surface area contributed by atoms with Gasteiger partial charge in [-0.15, -0.1) is 10.2 Å². The highest BCUT2D eigenvalue weighted by atomic mass is 32.2. The van der Waals surface area contributed by atoms with Crippen molar-refractivity contribution >= 4 is 29.0 Å². The first kappa shape index (κ1) is 25.0. The summed E-state index contributed by atoms with van der Waals surface area (Å²) in [6, 6.07) is 11.7. The summed E-state index contributed by atoms with van der Waals surface area (Å²) >= 11 is 1.24. The van der Waals surface area contributed by atoms with E-state index in [4.69, 9.17) is 9.47 Å². The molecule has 0 fully saturated rings. The molecular weight excluding hydrogens is 458 g/mol. The maximum absolute atomic E-state index is 12.5. The summed E-state index contributed by atoms with van der Waals surface area (Å²) in [5.41, 5.74) is 1.06. The Hall–Kier alpha value is -3.60. The van der Waals surface area contributed by atoms with Crippen molar-refractivity contribution in [2.75, 3.05) is 18.2 Å². The second kappa shape index (κ2) is 11.0. The molecule has 1 aromatic heterocycles. The van der Waals surface area contributed by atoms with Crippen molar-refractivity contribution in [3.05, 3.63) is 64.0 Å². The van der Waals surface area contributed by atoms with Crippen LogP contribution in [-0.2, 0) is 4.79 Å². The lowest BCUT2D eigenvalue weighted by atomic mass is 10.2. The van der Waals surface area contributed by atoms with Crippen LogP contribution in [0.1, 0.15) is 44.3 Å². The Bertz CT molecular complexity index is 1180. The Morgan fingerprint density at radius 1 is 1.18 bits per heavy atom. The number of hydrogen-bond donors (Lipinski definition) is 1. The number of nitro groups is 1. The molecule has 1 amide bonds. The van der Waals surface area contributed by atoms with Gasteiger partial charge in [0.1, 0.15) is 11.5 Å². The van der Waals surface area contributed by atoms with Crippen molar-refractivity contribution in [1.29, 1.82) is 0 Å². The van der Waals surface area contributed by atoms with Gasteiger partial charge in [-0.2, -0.15) is 0 Å². The van der Waals surface area contributed by atoms with Gasteiger partial charge in [-0.3, -0.25) is 14.9 Å². The molecule has 3 rings (SSSR count). The minimum Gasteiger partial charge on any atom is -0.497 e. The predicted octanol–water partition coefficient (Wildman–Crippen LogP) is 4.96. The molecule has 3 aromatic rings. The van der Waals surface area contributed by atoms with E-state index in [9.17, 15) is 14.9 Å². The lowest BCUT2D eigenvalue weighted by Gasteiger charge is -2.19. The van der Waals surface area contributed by atoms with E-state index in [1.807, 2.05) is 43.5 Å². The van der Waals surface area contributed by atoms with Gasteiger partial charge in [0.25, 0.3) is 5.69 Å². The van der Waals surface area contributed by atoms with E-state index < -0.39 is 11.0 Å². The van der Waals surface area contributed by atoms with Gasteiger partial charge in [-0.25, -0.2) is 0 Å². The fourth-order valence-electron chi connectivity index (χ4n) is 3.26. The van der Waals surface area contributed by atoms with E-state index in [0.29, 0.717) is 28.2 Å². The van der Waals surface area contributed by atoms with Crippen molar-refractivity contribution < 1.29 is 19.2 Å². The van der Waals surface area contributed by atoms with Gasteiger partial charge in [0.15, 0.2) is 17.1 Å². The number of benzene rings is 2. The number of carbonyl (C=O) groups excluding carboxylic acids is 1. The highest BCUT2D eigenvalue weighted by Gasteiger charge is 2.22. The number of nitro benzene ring substituents is 1. The molecule has 1 N–H and O–H groups in total. The molecule has 34 heavy (non-hydrogen) atoms. The van der Waals surface area contributed by atoms with Crippen LogP contribution in [0, 0.1) is 17.0 Å². The van der Waals surface area contributed by atoms with Gasteiger partial charge in [0, 0.05) is 24.2 Å². The van der Waals surface area contributed by atoms with Crippen molar-refractivity contribution in [3.63, 3.8) is 0 Å². The number of hydrogen-bond acceptors (Lipinski definition) is 8. The molecule has 0 aliphatic carbocycles. The van der Waals surface area contributed by atoms with Crippen molar-refractivity contribution in [1.82, 2.24) is 14.8 Å². The summed E-state index contributed by atoms with van der Waals surface area (Å²) < 4.78 is 13.2. The van der Waals surface area contributed by atoms with Gasteiger partial charge in [-0.05, 0) is 45.4 Å². The van der Waals surface area contributed by atoms with E-state index >= 15 is 0 Å². The summed E-state index contributed by atoms with van der Waals surface area (Å²) in [5, 5.41) is 22.9. The molecule has 0 radical (unpaired) electrons.